The maximum atomic E-state index is 12.0. The lowest BCUT2D eigenvalue weighted by atomic mass is 9.67. The van der Waals surface area contributed by atoms with Crippen LogP contribution in [0.5, 0.6) is 0 Å². The van der Waals surface area contributed by atoms with Crippen LogP contribution in [0.15, 0.2) is 0 Å². The van der Waals surface area contributed by atoms with E-state index in [0.717, 1.165) is 0 Å². The first-order chi connectivity index (χ1) is 8.30. The number of fused-ring (bicyclic) bond motifs is 2. The second-order valence-electron chi connectivity index (χ2n) is 5.12. The van der Waals surface area contributed by atoms with Gasteiger partial charge < -0.3 is 14.2 Å². The molecule has 0 aliphatic carbocycles. The molecule has 0 saturated carbocycles. The molecule has 6 heteroatoms. The number of carbonyl (C=O) groups is 3. The van der Waals surface area contributed by atoms with Crippen LogP contribution < -0.4 is 0 Å². The number of ether oxygens (including phenoxy) is 3. The number of methoxy groups -OCH3 is 2. The third-order valence-electron chi connectivity index (χ3n) is 4.01. The van der Waals surface area contributed by atoms with E-state index in [9.17, 15) is 14.4 Å². The van der Waals surface area contributed by atoms with Gasteiger partial charge in [0, 0.05) is 6.42 Å². The third-order valence-corrected chi connectivity index (χ3v) is 4.01. The van der Waals surface area contributed by atoms with Gasteiger partial charge in [0.05, 0.1) is 19.8 Å². The molecule has 0 aromatic carbocycles. The van der Waals surface area contributed by atoms with Crippen molar-refractivity contribution in [1.82, 2.24) is 0 Å². The fourth-order valence-electron chi connectivity index (χ4n) is 3.15. The molecule has 2 fully saturated rings. The van der Waals surface area contributed by atoms with Crippen LogP contribution >= 0.6 is 0 Å². The zero-order valence-electron chi connectivity index (χ0n) is 10.8. The Bertz CT molecular complexity index is 430. The van der Waals surface area contributed by atoms with Crippen molar-refractivity contribution in [2.24, 2.45) is 11.8 Å². The Morgan fingerprint density at radius 3 is 2.17 bits per heavy atom. The zero-order chi connectivity index (χ0) is 13.7. The van der Waals surface area contributed by atoms with Gasteiger partial charge in [-0.3, -0.25) is 14.4 Å². The van der Waals surface area contributed by atoms with E-state index < -0.39 is 35.0 Å². The van der Waals surface area contributed by atoms with Crippen molar-refractivity contribution in [3.63, 3.8) is 0 Å². The zero-order valence-corrected chi connectivity index (χ0v) is 10.8. The minimum absolute atomic E-state index is 0.108. The van der Waals surface area contributed by atoms with Crippen molar-refractivity contribution < 1.29 is 28.6 Å². The molecule has 0 spiro atoms. The van der Waals surface area contributed by atoms with Crippen LogP contribution in [-0.2, 0) is 28.6 Å². The topological polar surface area (TPSA) is 78.9 Å². The lowest BCUT2D eigenvalue weighted by molar-refractivity contribution is -0.162. The Morgan fingerprint density at radius 1 is 1.17 bits per heavy atom. The summed E-state index contributed by atoms with van der Waals surface area (Å²) in [5.74, 6) is -3.10. The van der Waals surface area contributed by atoms with Crippen molar-refractivity contribution in [2.45, 2.75) is 31.5 Å². The Balaban J connectivity index is 2.49. The summed E-state index contributed by atoms with van der Waals surface area (Å²) in [6.45, 7) is 3.19. The molecule has 2 saturated heterocycles. The molecule has 0 radical (unpaired) electrons. The highest BCUT2D eigenvalue weighted by molar-refractivity contribution is 6.00. The number of rotatable bonds is 2. The summed E-state index contributed by atoms with van der Waals surface area (Å²) >= 11 is 0. The summed E-state index contributed by atoms with van der Waals surface area (Å²) in [7, 11) is 2.47. The summed E-state index contributed by atoms with van der Waals surface area (Å²) in [6, 6.07) is 0. The molecule has 18 heavy (non-hydrogen) atoms. The van der Waals surface area contributed by atoms with Gasteiger partial charge in [-0.25, -0.2) is 0 Å². The lowest BCUT2D eigenvalue weighted by Crippen LogP contribution is -2.51. The van der Waals surface area contributed by atoms with E-state index in [1.807, 2.05) is 0 Å². The van der Waals surface area contributed by atoms with E-state index in [1.54, 1.807) is 6.92 Å². The molecule has 100 valence electrons. The average molecular weight is 256 g/mol. The van der Waals surface area contributed by atoms with Crippen molar-refractivity contribution in [3.05, 3.63) is 0 Å². The highest BCUT2D eigenvalue weighted by Gasteiger charge is 2.72. The molecular weight excluding hydrogens is 240 g/mol. The number of hydrogen-bond donors (Lipinski definition) is 0. The van der Waals surface area contributed by atoms with Gasteiger partial charge in [0.2, 0.25) is 0 Å². The minimum Gasteiger partial charge on any atom is -0.469 e. The number of ketones is 1. The maximum Gasteiger partial charge on any atom is 0.313 e. The summed E-state index contributed by atoms with van der Waals surface area (Å²) < 4.78 is 15.1. The van der Waals surface area contributed by atoms with Crippen LogP contribution in [0.3, 0.4) is 0 Å². The van der Waals surface area contributed by atoms with E-state index in [1.165, 1.54) is 21.1 Å². The molecule has 2 aliphatic rings. The predicted octanol–water partition coefficient (Wildman–Crippen LogP) is 0.0852. The van der Waals surface area contributed by atoms with Gasteiger partial charge in [-0.15, -0.1) is 0 Å². The minimum atomic E-state index is -1.29. The van der Waals surface area contributed by atoms with Gasteiger partial charge in [-0.1, -0.05) is 0 Å². The van der Waals surface area contributed by atoms with Crippen LogP contribution in [0.2, 0.25) is 0 Å². The summed E-state index contributed by atoms with van der Waals surface area (Å²) in [5, 5.41) is 0. The summed E-state index contributed by atoms with van der Waals surface area (Å²) in [4.78, 5) is 35.7. The molecule has 2 bridgehead atoms. The Hall–Kier alpha value is -1.43. The molecule has 6 nitrogen and oxygen atoms in total. The quantitative estimate of drug-likeness (QED) is 0.651. The van der Waals surface area contributed by atoms with E-state index in [0.29, 0.717) is 0 Å². The molecular formula is C12H16O6. The van der Waals surface area contributed by atoms with E-state index >= 15 is 0 Å². The molecule has 0 amide bonds. The van der Waals surface area contributed by atoms with Crippen LogP contribution in [0.25, 0.3) is 0 Å². The fraction of sp³-hybridized carbons (Fsp3) is 0.750. The number of Topliss-reactive ketones (excluding diaryl/α,β-unsaturated/α-hetero) is 1. The first-order valence-electron chi connectivity index (χ1n) is 5.69. The van der Waals surface area contributed by atoms with Gasteiger partial charge in [0.1, 0.15) is 17.4 Å². The third kappa shape index (κ3) is 1.41. The Kier molecular flexibility index (Phi) is 2.73. The monoisotopic (exact) mass is 256 g/mol. The number of carbonyl (C=O) groups excluding carboxylic acids is 3. The summed E-state index contributed by atoms with van der Waals surface area (Å²) in [6.07, 6.45) is 0.108. The second-order valence-corrected chi connectivity index (χ2v) is 5.12. The van der Waals surface area contributed by atoms with Crippen LogP contribution in [0.4, 0.5) is 0 Å². The Labute approximate surface area is 105 Å². The van der Waals surface area contributed by atoms with Crippen molar-refractivity contribution in [1.29, 1.82) is 0 Å². The van der Waals surface area contributed by atoms with Gasteiger partial charge in [-0.2, -0.15) is 0 Å². The maximum absolute atomic E-state index is 12.0. The molecule has 2 aliphatic heterocycles. The first kappa shape index (κ1) is 13.0. The fourth-order valence-corrected chi connectivity index (χ4v) is 3.15. The van der Waals surface area contributed by atoms with Gasteiger partial charge in [0.15, 0.2) is 5.78 Å². The van der Waals surface area contributed by atoms with Crippen molar-refractivity contribution >= 4 is 17.7 Å². The van der Waals surface area contributed by atoms with Crippen LogP contribution in [0, 0.1) is 11.8 Å². The average Bonchev–Trinajstić information content (AvgIpc) is 2.69. The van der Waals surface area contributed by atoms with E-state index in [-0.39, 0.29) is 12.2 Å². The molecule has 0 aromatic heterocycles. The van der Waals surface area contributed by atoms with Crippen LogP contribution in [0.1, 0.15) is 20.3 Å². The first-order valence-corrected chi connectivity index (χ1v) is 5.69. The normalized spacial score (nSPS) is 41.9. The molecule has 4 atom stereocenters. The number of esters is 2. The number of hydrogen-bond acceptors (Lipinski definition) is 6. The Morgan fingerprint density at radius 2 is 1.67 bits per heavy atom. The van der Waals surface area contributed by atoms with Gasteiger partial charge in [0.25, 0.3) is 0 Å². The molecule has 2 rings (SSSR count). The molecule has 2 heterocycles. The largest absolute Gasteiger partial charge is 0.469 e. The smallest absolute Gasteiger partial charge is 0.313 e. The van der Waals surface area contributed by atoms with Gasteiger partial charge in [-0.05, 0) is 13.8 Å². The summed E-state index contributed by atoms with van der Waals surface area (Å²) in [5.41, 5.74) is -2.28. The molecule has 0 aromatic rings. The predicted molar refractivity (Wildman–Crippen MR) is 58.5 cm³/mol. The van der Waals surface area contributed by atoms with E-state index in [4.69, 9.17) is 14.2 Å². The highest BCUT2D eigenvalue weighted by Crippen LogP contribution is 2.56. The SMILES string of the molecule is COC(=O)[C@H]1[C@H](C(=O)OC)[C@]2(C)O[C@@]1(C)CC2=O. The second kappa shape index (κ2) is 3.78. The van der Waals surface area contributed by atoms with Crippen molar-refractivity contribution in [2.75, 3.05) is 14.2 Å². The standard InChI is InChI=1S/C12H16O6/c1-11-5-6(13)12(2,18-11)8(10(15)17-4)7(11)9(14)16-3/h7-8H,5H2,1-4H3/t7-,8-,11+,12-/m1/s1. The lowest BCUT2D eigenvalue weighted by Gasteiger charge is -2.31. The van der Waals surface area contributed by atoms with E-state index in [2.05, 4.69) is 0 Å². The highest BCUT2D eigenvalue weighted by atomic mass is 16.6. The van der Waals surface area contributed by atoms with Gasteiger partial charge >= 0.3 is 11.9 Å². The van der Waals surface area contributed by atoms with Crippen molar-refractivity contribution in [3.8, 4) is 0 Å². The molecule has 0 N–H and O–H groups in total. The molecule has 0 unspecified atom stereocenters. The van der Waals surface area contributed by atoms with Crippen LogP contribution in [-0.4, -0.2) is 43.1 Å².